The second-order valence-electron chi connectivity index (χ2n) is 4.24. The number of thiophene rings is 1. The minimum absolute atomic E-state index is 0.489. The Balaban J connectivity index is 2.06. The smallest absolute Gasteiger partial charge is 0.226 e. The van der Waals surface area contributed by atoms with Gasteiger partial charge in [0.15, 0.2) is 0 Å². The molecular weight excluding hydrogens is 335 g/mol. The summed E-state index contributed by atoms with van der Waals surface area (Å²) in [7, 11) is 0. The van der Waals surface area contributed by atoms with Crippen molar-refractivity contribution in [2.24, 2.45) is 15.4 Å². The molecule has 0 saturated carbocycles. The quantitative estimate of drug-likeness (QED) is 0.498. The van der Waals surface area contributed by atoms with Crippen molar-refractivity contribution in [3.8, 4) is 0 Å². The summed E-state index contributed by atoms with van der Waals surface area (Å²) in [5.41, 5.74) is 0. The molecule has 0 spiro atoms. The van der Waals surface area contributed by atoms with E-state index in [2.05, 4.69) is 21.7 Å². The van der Waals surface area contributed by atoms with Crippen LogP contribution >= 0.6 is 46.5 Å². The van der Waals surface area contributed by atoms with Crippen molar-refractivity contribution in [1.82, 2.24) is 10.3 Å². The van der Waals surface area contributed by atoms with Crippen molar-refractivity contribution in [2.45, 2.75) is 25.2 Å². The van der Waals surface area contributed by atoms with E-state index in [4.69, 9.17) is 23.2 Å². The van der Waals surface area contributed by atoms with Gasteiger partial charge < -0.3 is 5.32 Å². The molecule has 4 nitrogen and oxygen atoms in total. The molecule has 1 N–H and O–H groups in total. The van der Waals surface area contributed by atoms with Crippen LogP contribution in [-0.2, 0) is 0 Å². The second-order valence-corrected chi connectivity index (χ2v) is 7.33. The maximum Gasteiger partial charge on any atom is 0.226 e. The molecule has 20 heavy (non-hydrogen) atoms. The fourth-order valence-corrected chi connectivity index (χ4v) is 4.01. The largest absolute Gasteiger partial charge is 0.354 e. The van der Waals surface area contributed by atoms with Crippen LogP contribution in [0.15, 0.2) is 20.5 Å². The predicted molar refractivity (Wildman–Crippen MR) is 90.3 cm³/mol. The Morgan fingerprint density at radius 1 is 1.60 bits per heavy atom. The molecule has 1 unspecified atom stereocenters. The fourth-order valence-electron chi connectivity index (χ4n) is 1.68. The predicted octanol–water partition coefficient (Wildman–Crippen LogP) is 4.36. The SMILES string of the molecule is CCN/C(=N\Sc1cc(Cl)sc1Cl)N1CC(CC)C=N1. The van der Waals surface area contributed by atoms with E-state index in [1.807, 2.05) is 24.2 Å². The maximum absolute atomic E-state index is 6.09. The van der Waals surface area contributed by atoms with Crippen molar-refractivity contribution >= 4 is 58.7 Å². The summed E-state index contributed by atoms with van der Waals surface area (Å²) < 4.78 is 5.84. The maximum atomic E-state index is 6.09. The Kier molecular flexibility index (Phi) is 6.01. The Hall–Kier alpha value is -0.430. The average Bonchev–Trinajstić information content (AvgIpc) is 3.01. The molecule has 0 radical (unpaired) electrons. The molecule has 2 rings (SSSR count). The molecule has 1 aliphatic heterocycles. The first-order valence-electron chi connectivity index (χ1n) is 6.39. The number of hydrogen-bond acceptors (Lipinski definition) is 4. The van der Waals surface area contributed by atoms with Gasteiger partial charge in [-0.1, -0.05) is 30.1 Å². The van der Waals surface area contributed by atoms with Crippen LogP contribution in [0.2, 0.25) is 8.67 Å². The van der Waals surface area contributed by atoms with E-state index in [0.29, 0.717) is 14.6 Å². The van der Waals surface area contributed by atoms with E-state index in [-0.39, 0.29) is 0 Å². The van der Waals surface area contributed by atoms with Crippen LogP contribution in [0.25, 0.3) is 0 Å². The monoisotopic (exact) mass is 350 g/mol. The zero-order chi connectivity index (χ0) is 14.5. The number of hydrazone groups is 1. The lowest BCUT2D eigenvalue weighted by atomic mass is 10.1. The van der Waals surface area contributed by atoms with Gasteiger partial charge in [0.1, 0.15) is 4.34 Å². The third-order valence-corrected chi connectivity index (χ3v) is 5.30. The summed E-state index contributed by atoms with van der Waals surface area (Å²) in [6, 6.07) is 1.83. The van der Waals surface area contributed by atoms with Crippen LogP contribution in [0.4, 0.5) is 0 Å². The highest BCUT2D eigenvalue weighted by molar-refractivity contribution is 7.98. The molecule has 1 aromatic heterocycles. The molecule has 1 aliphatic rings. The Bertz CT molecular complexity index is 516. The average molecular weight is 351 g/mol. The molecule has 0 saturated heterocycles. The molecule has 1 atom stereocenters. The van der Waals surface area contributed by atoms with Gasteiger partial charge in [0.2, 0.25) is 5.96 Å². The molecule has 0 bridgehead atoms. The minimum Gasteiger partial charge on any atom is -0.354 e. The van der Waals surface area contributed by atoms with Gasteiger partial charge in [0.25, 0.3) is 0 Å². The molecule has 2 heterocycles. The van der Waals surface area contributed by atoms with E-state index in [1.165, 1.54) is 23.3 Å². The first-order valence-corrected chi connectivity index (χ1v) is 8.74. The van der Waals surface area contributed by atoms with Crippen LogP contribution < -0.4 is 5.32 Å². The van der Waals surface area contributed by atoms with Gasteiger partial charge in [-0.05, 0) is 19.4 Å². The van der Waals surface area contributed by atoms with E-state index in [1.54, 1.807) is 0 Å². The Morgan fingerprint density at radius 3 is 2.95 bits per heavy atom. The molecule has 0 aromatic carbocycles. The van der Waals surface area contributed by atoms with Gasteiger partial charge in [-0.3, -0.25) is 0 Å². The molecule has 1 aromatic rings. The van der Waals surface area contributed by atoms with E-state index in [0.717, 1.165) is 30.4 Å². The van der Waals surface area contributed by atoms with Crippen molar-refractivity contribution < 1.29 is 0 Å². The fraction of sp³-hybridized carbons (Fsp3) is 0.500. The van der Waals surface area contributed by atoms with Crippen LogP contribution in [0, 0.1) is 5.92 Å². The number of guanidine groups is 1. The van der Waals surface area contributed by atoms with Crippen LogP contribution in [-0.4, -0.2) is 30.3 Å². The molecule has 0 fully saturated rings. The first kappa shape index (κ1) is 15.9. The molecule has 110 valence electrons. The summed E-state index contributed by atoms with van der Waals surface area (Å²) in [5.74, 6) is 1.24. The highest BCUT2D eigenvalue weighted by Crippen LogP contribution is 2.38. The number of nitrogens with zero attached hydrogens (tertiary/aromatic N) is 3. The third kappa shape index (κ3) is 4.04. The van der Waals surface area contributed by atoms with Gasteiger partial charge in [-0.2, -0.15) is 9.50 Å². The van der Waals surface area contributed by atoms with Crippen LogP contribution in [0.5, 0.6) is 0 Å². The summed E-state index contributed by atoms with van der Waals surface area (Å²) in [6.45, 7) is 5.85. The number of nitrogens with one attached hydrogen (secondary N) is 1. The van der Waals surface area contributed by atoms with E-state index >= 15 is 0 Å². The Morgan fingerprint density at radius 2 is 2.40 bits per heavy atom. The first-order chi connectivity index (χ1) is 9.63. The molecule has 8 heteroatoms. The second kappa shape index (κ2) is 7.54. The zero-order valence-corrected chi connectivity index (χ0v) is 14.4. The Labute approximate surface area is 137 Å². The van der Waals surface area contributed by atoms with Crippen molar-refractivity contribution in [2.75, 3.05) is 13.1 Å². The van der Waals surface area contributed by atoms with Gasteiger partial charge in [0.05, 0.1) is 15.8 Å². The van der Waals surface area contributed by atoms with Crippen molar-refractivity contribution in [3.05, 3.63) is 14.7 Å². The zero-order valence-electron chi connectivity index (χ0n) is 11.3. The third-order valence-electron chi connectivity index (χ3n) is 2.78. The lowest BCUT2D eigenvalue weighted by Crippen LogP contribution is -2.37. The summed E-state index contributed by atoms with van der Waals surface area (Å²) in [4.78, 5) is 0.868. The van der Waals surface area contributed by atoms with Crippen molar-refractivity contribution in [1.29, 1.82) is 0 Å². The summed E-state index contributed by atoms with van der Waals surface area (Å²) in [5, 5.41) is 9.52. The number of hydrogen-bond donors (Lipinski definition) is 1. The van der Waals surface area contributed by atoms with Gasteiger partial charge in [-0.15, -0.1) is 11.3 Å². The minimum atomic E-state index is 0.489. The highest BCUT2D eigenvalue weighted by Gasteiger charge is 2.20. The summed E-state index contributed by atoms with van der Waals surface area (Å²) >= 11 is 14.7. The normalized spacial score (nSPS) is 18.9. The van der Waals surface area contributed by atoms with E-state index < -0.39 is 0 Å². The topological polar surface area (TPSA) is 40.0 Å². The summed E-state index contributed by atoms with van der Waals surface area (Å²) in [6.07, 6.45) is 3.06. The lowest BCUT2D eigenvalue weighted by molar-refractivity contribution is 0.427. The molecule has 0 amide bonds. The van der Waals surface area contributed by atoms with Gasteiger partial charge >= 0.3 is 0 Å². The number of halogens is 2. The lowest BCUT2D eigenvalue weighted by Gasteiger charge is -2.18. The number of rotatable bonds is 4. The van der Waals surface area contributed by atoms with E-state index in [9.17, 15) is 0 Å². The molecular formula is C12H16Cl2N4S2. The highest BCUT2D eigenvalue weighted by atomic mass is 35.5. The van der Waals surface area contributed by atoms with Gasteiger partial charge in [-0.25, -0.2) is 5.01 Å². The van der Waals surface area contributed by atoms with Gasteiger partial charge in [0, 0.05) is 30.6 Å². The van der Waals surface area contributed by atoms with Crippen LogP contribution in [0.3, 0.4) is 0 Å². The van der Waals surface area contributed by atoms with Crippen molar-refractivity contribution in [3.63, 3.8) is 0 Å². The molecule has 0 aliphatic carbocycles. The van der Waals surface area contributed by atoms with Crippen LogP contribution in [0.1, 0.15) is 20.3 Å². The standard InChI is InChI=1S/C12H16Cl2N4S2/c1-3-8-6-16-18(7-8)12(15-4-2)17-20-9-5-10(13)19-11(9)14/h5-6,8H,3-4,7H2,1-2H3,(H,15,17).